The molecule has 5 heteroatoms. The fraction of sp³-hybridized carbons (Fsp3) is 0.333. The van der Waals surface area contributed by atoms with Crippen molar-refractivity contribution in [1.82, 2.24) is 0 Å². The van der Waals surface area contributed by atoms with Crippen LogP contribution in [-0.4, -0.2) is 6.71 Å². The van der Waals surface area contributed by atoms with E-state index in [-0.39, 0.29) is 39.2 Å². The van der Waals surface area contributed by atoms with Crippen LogP contribution in [0.5, 0.6) is 0 Å². The highest BCUT2D eigenvalue weighted by atomic mass is 32.1. The molecule has 2 aliphatic rings. The fourth-order valence-corrected chi connectivity index (χ4v) is 13.1. The molecule has 1 aromatic heterocycles. The molecule has 0 amide bonds. The van der Waals surface area contributed by atoms with Gasteiger partial charge in [0, 0.05) is 55.3 Å². The van der Waals surface area contributed by atoms with Gasteiger partial charge in [0.2, 0.25) is 0 Å². The molecule has 0 bridgehead atoms. The predicted octanol–water partition coefficient (Wildman–Crippen LogP) is 19.4. The molecule has 0 saturated heterocycles. The first-order valence-corrected chi connectivity index (χ1v) is 28.9. The van der Waals surface area contributed by atoms with E-state index in [0.717, 1.165) is 11.4 Å². The van der Waals surface area contributed by atoms with Gasteiger partial charge in [0.1, 0.15) is 0 Å². The van der Waals surface area contributed by atoms with E-state index >= 15 is 0 Å². The lowest BCUT2D eigenvalue weighted by atomic mass is 9.33. The van der Waals surface area contributed by atoms with E-state index in [2.05, 4.69) is 297 Å². The largest absolute Gasteiger partial charge is 0.311 e. The minimum absolute atomic E-state index is 0.0124. The Balaban J connectivity index is 1.24. The number of benzene rings is 8. The molecule has 0 radical (unpaired) electrons. The van der Waals surface area contributed by atoms with E-state index in [1.165, 1.54) is 110 Å². The van der Waals surface area contributed by atoms with Crippen molar-refractivity contribution in [2.75, 3.05) is 14.7 Å². The number of hydrogen-bond donors (Lipinski definition) is 0. The third kappa shape index (κ3) is 9.19. The highest BCUT2D eigenvalue weighted by Crippen LogP contribution is 2.53. The monoisotopic (exact) mass is 1030 g/mol. The quantitative estimate of drug-likeness (QED) is 0.159. The van der Waals surface area contributed by atoms with Gasteiger partial charge in [-0.05, 0) is 161 Å². The maximum absolute atomic E-state index is 2.68. The lowest BCUT2D eigenvalue weighted by molar-refractivity contribution is 0.589. The van der Waals surface area contributed by atoms with Gasteiger partial charge in [-0.25, -0.2) is 0 Å². The fourth-order valence-electron chi connectivity index (χ4n) is 11.8. The van der Waals surface area contributed by atoms with E-state index in [4.69, 9.17) is 0 Å². The molecule has 392 valence electrons. The molecule has 0 N–H and O–H groups in total. The second-order valence-corrected chi connectivity index (χ2v) is 29.5. The zero-order valence-corrected chi connectivity index (χ0v) is 50.2. The van der Waals surface area contributed by atoms with Crippen LogP contribution in [0.15, 0.2) is 158 Å². The van der Waals surface area contributed by atoms with Gasteiger partial charge in [-0.1, -0.05) is 203 Å². The molecule has 0 fully saturated rings. The summed E-state index contributed by atoms with van der Waals surface area (Å²) in [7, 11) is 0. The van der Waals surface area contributed by atoms with Crippen LogP contribution < -0.4 is 31.1 Å². The smallest absolute Gasteiger partial charge is 0.252 e. The van der Waals surface area contributed by atoms with Crippen molar-refractivity contribution in [3.8, 4) is 0 Å². The lowest BCUT2D eigenvalue weighted by Gasteiger charge is -2.46. The van der Waals surface area contributed by atoms with E-state index < -0.39 is 0 Å². The Morgan fingerprint density at radius 2 is 0.766 bits per heavy atom. The summed E-state index contributed by atoms with van der Waals surface area (Å²) in [6.45, 7) is 42.0. The molecular formula is C72H80BN3S. The number of rotatable bonds is 5. The van der Waals surface area contributed by atoms with Crippen molar-refractivity contribution >= 4 is 106 Å². The zero-order valence-electron chi connectivity index (χ0n) is 49.3. The van der Waals surface area contributed by atoms with Crippen LogP contribution in [-0.2, 0) is 32.5 Å². The maximum atomic E-state index is 2.68. The highest BCUT2D eigenvalue weighted by Gasteiger charge is 2.45. The first-order chi connectivity index (χ1) is 36.0. The van der Waals surface area contributed by atoms with Gasteiger partial charge in [0.25, 0.3) is 6.71 Å². The minimum Gasteiger partial charge on any atom is -0.311 e. The summed E-state index contributed by atoms with van der Waals surface area (Å²) in [6, 6.07) is 61.9. The van der Waals surface area contributed by atoms with Crippen LogP contribution in [0.3, 0.4) is 0 Å². The minimum atomic E-state index is -0.152. The van der Waals surface area contributed by atoms with Crippen molar-refractivity contribution in [2.45, 2.75) is 157 Å². The molecule has 0 saturated carbocycles. The Hall–Kier alpha value is -6.56. The van der Waals surface area contributed by atoms with Crippen LogP contribution >= 0.6 is 11.3 Å². The molecule has 11 rings (SSSR count). The van der Waals surface area contributed by atoms with Crippen LogP contribution in [0.4, 0.5) is 51.2 Å². The molecule has 9 aromatic rings. The van der Waals surface area contributed by atoms with Gasteiger partial charge in [0.15, 0.2) is 0 Å². The van der Waals surface area contributed by atoms with Crippen molar-refractivity contribution < 1.29 is 0 Å². The normalized spacial score (nSPS) is 14.0. The van der Waals surface area contributed by atoms with Gasteiger partial charge in [-0.2, -0.15) is 0 Å². The third-order valence-electron chi connectivity index (χ3n) is 16.6. The van der Waals surface area contributed by atoms with E-state index in [0.29, 0.717) is 0 Å². The van der Waals surface area contributed by atoms with Crippen LogP contribution in [0, 0.1) is 0 Å². The van der Waals surface area contributed by atoms with Crippen molar-refractivity contribution in [1.29, 1.82) is 0 Å². The Kier molecular flexibility index (Phi) is 12.3. The standard InChI is InChI=1S/C72H80BN3S/c1-67(2,3)45-23-31-51(32-24-45)74(52-33-25-46(26-34-52)68(4,5)6)60-40-39-59(64-54-21-19-20-22-63(54)77-66(60)64)76-58-38-30-49(71(13,14)15)42-56(58)73-55-41-48(70(10,11)12)29-37-57(55)75(53-35-27-47(28-36-53)69(7,8)9)61-43-50(72(16,17)18)44-62(76)65(61)73/h19-44H,1-18H3. The summed E-state index contributed by atoms with van der Waals surface area (Å²) < 4.78 is 2.54. The van der Waals surface area contributed by atoms with Gasteiger partial charge in [0.05, 0.1) is 16.1 Å². The number of hydrogen-bond acceptors (Lipinski definition) is 4. The summed E-state index contributed by atoms with van der Waals surface area (Å²) in [5, 5.41) is 2.54. The van der Waals surface area contributed by atoms with Crippen LogP contribution in [0.2, 0.25) is 0 Å². The van der Waals surface area contributed by atoms with E-state index in [1.54, 1.807) is 0 Å². The first kappa shape index (κ1) is 52.5. The highest BCUT2D eigenvalue weighted by molar-refractivity contribution is 7.26. The van der Waals surface area contributed by atoms with Crippen LogP contribution in [0.25, 0.3) is 20.2 Å². The summed E-state index contributed by atoms with van der Waals surface area (Å²) in [5.41, 5.74) is 22.7. The Morgan fingerprint density at radius 1 is 0.364 bits per heavy atom. The molecule has 2 aliphatic heterocycles. The van der Waals surface area contributed by atoms with Crippen molar-refractivity contribution in [2.24, 2.45) is 0 Å². The van der Waals surface area contributed by atoms with Crippen molar-refractivity contribution in [3.05, 3.63) is 191 Å². The molecular weight excluding hydrogens is 950 g/mol. The average molecular weight is 1030 g/mol. The number of anilines is 9. The van der Waals surface area contributed by atoms with E-state index in [1.807, 2.05) is 11.3 Å². The Labute approximate surface area is 466 Å². The molecule has 3 heterocycles. The van der Waals surface area contributed by atoms with Crippen LogP contribution in [0.1, 0.15) is 158 Å². The van der Waals surface area contributed by atoms with Crippen molar-refractivity contribution in [3.63, 3.8) is 0 Å². The summed E-state index contributed by atoms with van der Waals surface area (Å²) in [5.74, 6) is 0. The zero-order chi connectivity index (χ0) is 55.1. The van der Waals surface area contributed by atoms with Gasteiger partial charge >= 0.3 is 0 Å². The molecule has 0 unspecified atom stereocenters. The van der Waals surface area contributed by atoms with Gasteiger partial charge in [-0.3, -0.25) is 0 Å². The summed E-state index contributed by atoms with van der Waals surface area (Å²) >= 11 is 1.91. The molecule has 3 nitrogen and oxygen atoms in total. The summed E-state index contributed by atoms with van der Waals surface area (Å²) in [6.07, 6.45) is 0. The lowest BCUT2D eigenvalue weighted by Crippen LogP contribution is -2.61. The average Bonchev–Trinajstić information content (AvgIpc) is 3.81. The van der Waals surface area contributed by atoms with Gasteiger partial charge < -0.3 is 14.7 Å². The Bertz CT molecular complexity index is 3680. The second-order valence-electron chi connectivity index (χ2n) is 28.5. The number of fused-ring (bicyclic) bond motifs is 7. The molecule has 0 atom stereocenters. The summed E-state index contributed by atoms with van der Waals surface area (Å²) in [4.78, 5) is 7.78. The molecule has 0 spiro atoms. The molecule has 0 aliphatic carbocycles. The predicted molar refractivity (Wildman–Crippen MR) is 340 cm³/mol. The topological polar surface area (TPSA) is 9.72 Å². The molecule has 77 heavy (non-hydrogen) atoms. The number of nitrogens with zero attached hydrogens (tertiary/aromatic N) is 3. The second kappa shape index (κ2) is 18.0. The number of thiophene rings is 1. The van der Waals surface area contributed by atoms with Gasteiger partial charge in [-0.15, -0.1) is 11.3 Å². The SMILES string of the molecule is CC(C)(C)c1ccc(N2c3ccc(C(C)(C)C)cc3B3c4cc(C(C)(C)C)ccc4N(c4ccc(N(c5ccc(C(C)(C)C)cc5)c5ccc(C(C)(C)C)cc5)c5sc6ccccc6c45)c4cc(C(C)(C)C)cc2c43)cc1. The Morgan fingerprint density at radius 3 is 1.23 bits per heavy atom. The van der Waals surface area contributed by atoms with E-state index in [9.17, 15) is 0 Å². The first-order valence-electron chi connectivity index (χ1n) is 28.1. The molecule has 8 aromatic carbocycles. The third-order valence-corrected chi connectivity index (χ3v) is 17.8. The maximum Gasteiger partial charge on any atom is 0.252 e.